The molecule has 0 saturated heterocycles. The summed E-state index contributed by atoms with van der Waals surface area (Å²) < 4.78 is 30.0. The molecule has 0 aliphatic carbocycles. The van der Waals surface area contributed by atoms with Crippen LogP contribution in [0.25, 0.3) is 10.9 Å². The van der Waals surface area contributed by atoms with Crippen molar-refractivity contribution in [2.45, 2.75) is 20.4 Å². The second kappa shape index (κ2) is 5.32. The zero-order valence-corrected chi connectivity index (χ0v) is 12.2. The van der Waals surface area contributed by atoms with Crippen LogP contribution in [0.3, 0.4) is 0 Å². The van der Waals surface area contributed by atoms with Crippen molar-refractivity contribution in [3.63, 3.8) is 0 Å². The number of nitrogens with one attached hydrogen (secondary N) is 2. The van der Waals surface area contributed by atoms with Gasteiger partial charge in [0.05, 0.1) is 0 Å². The summed E-state index contributed by atoms with van der Waals surface area (Å²) in [5, 5.41) is 1.13. The minimum Gasteiger partial charge on any atom is -0.348 e. The average Bonchev–Trinajstić information content (AvgIpc) is 2.62. The normalized spacial score (nSPS) is 12.2. The van der Waals surface area contributed by atoms with Gasteiger partial charge in [-0.25, -0.2) is 4.72 Å². The molecule has 0 amide bonds. The van der Waals surface area contributed by atoms with E-state index in [-0.39, 0.29) is 0 Å². The van der Waals surface area contributed by atoms with Crippen molar-refractivity contribution in [3.8, 4) is 0 Å². The van der Waals surface area contributed by atoms with Crippen LogP contribution in [0.15, 0.2) is 24.3 Å². The molecule has 0 spiro atoms. The van der Waals surface area contributed by atoms with Crippen LogP contribution >= 0.6 is 0 Å². The van der Waals surface area contributed by atoms with Gasteiger partial charge in [0.2, 0.25) is 0 Å². The Morgan fingerprint density at radius 2 is 1.95 bits per heavy atom. The van der Waals surface area contributed by atoms with Gasteiger partial charge in [-0.3, -0.25) is 0 Å². The van der Waals surface area contributed by atoms with Gasteiger partial charge >= 0.3 is 0 Å². The van der Waals surface area contributed by atoms with E-state index in [1.807, 2.05) is 32.2 Å². The van der Waals surface area contributed by atoms with Crippen LogP contribution in [0.5, 0.6) is 0 Å². The smallest absolute Gasteiger partial charge is 0.277 e. The van der Waals surface area contributed by atoms with E-state index >= 15 is 0 Å². The van der Waals surface area contributed by atoms with Gasteiger partial charge < -0.3 is 4.57 Å². The first-order chi connectivity index (χ1) is 8.93. The van der Waals surface area contributed by atoms with E-state index in [1.54, 1.807) is 6.92 Å². The van der Waals surface area contributed by atoms with E-state index in [0.717, 1.165) is 16.5 Å². The summed E-state index contributed by atoms with van der Waals surface area (Å²) in [5.74, 6) is 0. The molecule has 6 heteroatoms. The number of aryl methyl sites for hydroxylation is 2. The molecular weight excluding hydrogens is 262 g/mol. The molecule has 0 aliphatic heterocycles. The van der Waals surface area contributed by atoms with Crippen molar-refractivity contribution >= 4 is 21.1 Å². The highest BCUT2D eigenvalue weighted by molar-refractivity contribution is 7.87. The summed E-state index contributed by atoms with van der Waals surface area (Å²) in [6, 6.07) is 8.06. The second-order valence-corrected chi connectivity index (χ2v) is 6.14. The lowest BCUT2D eigenvalue weighted by Gasteiger charge is -2.07. The fourth-order valence-electron chi connectivity index (χ4n) is 2.07. The molecule has 1 heterocycles. The molecule has 2 rings (SSSR count). The molecule has 104 valence electrons. The van der Waals surface area contributed by atoms with Crippen molar-refractivity contribution in [1.29, 1.82) is 0 Å². The molecule has 0 radical (unpaired) electrons. The molecule has 2 N–H and O–H groups in total. The predicted molar refractivity (Wildman–Crippen MR) is 77.1 cm³/mol. The van der Waals surface area contributed by atoms with Gasteiger partial charge in [-0.05, 0) is 30.7 Å². The standard InChI is InChI=1S/C13H19N3O2S/c1-4-14-19(17,18)15-9-11-5-6-13-12(8-11)7-10(2)16(13)3/h5-8,14-15H,4,9H2,1-3H3. The van der Waals surface area contributed by atoms with Crippen molar-refractivity contribution < 1.29 is 8.42 Å². The molecule has 0 unspecified atom stereocenters. The van der Waals surface area contributed by atoms with Crippen LogP contribution in [0.4, 0.5) is 0 Å². The third kappa shape index (κ3) is 3.15. The van der Waals surface area contributed by atoms with E-state index in [4.69, 9.17) is 0 Å². The number of hydrogen-bond acceptors (Lipinski definition) is 2. The largest absolute Gasteiger partial charge is 0.348 e. The van der Waals surface area contributed by atoms with Gasteiger partial charge in [-0.2, -0.15) is 13.1 Å². The Kier molecular flexibility index (Phi) is 3.93. The van der Waals surface area contributed by atoms with Crippen LogP contribution in [-0.2, 0) is 23.8 Å². The van der Waals surface area contributed by atoms with Crippen molar-refractivity contribution in [3.05, 3.63) is 35.5 Å². The van der Waals surface area contributed by atoms with Gasteiger partial charge in [-0.15, -0.1) is 0 Å². The van der Waals surface area contributed by atoms with E-state index in [9.17, 15) is 8.42 Å². The third-order valence-electron chi connectivity index (χ3n) is 3.15. The Labute approximate surface area is 113 Å². The highest BCUT2D eigenvalue weighted by Crippen LogP contribution is 2.19. The van der Waals surface area contributed by atoms with E-state index < -0.39 is 10.2 Å². The average molecular weight is 281 g/mol. The summed E-state index contributed by atoms with van der Waals surface area (Å²) in [5.41, 5.74) is 3.27. The molecular formula is C13H19N3O2S. The number of rotatable bonds is 5. The molecule has 1 aromatic heterocycles. The fraction of sp³-hybridized carbons (Fsp3) is 0.385. The summed E-state index contributed by atoms with van der Waals surface area (Å²) in [4.78, 5) is 0. The minimum absolute atomic E-state index is 0.291. The quantitative estimate of drug-likeness (QED) is 0.871. The lowest BCUT2D eigenvalue weighted by Crippen LogP contribution is -2.35. The molecule has 2 aromatic rings. The number of benzene rings is 1. The summed E-state index contributed by atoms with van der Waals surface area (Å²) >= 11 is 0. The SMILES string of the molecule is CCNS(=O)(=O)NCc1ccc2c(c1)cc(C)n2C. The van der Waals surface area contributed by atoms with Crippen molar-refractivity contribution in [2.24, 2.45) is 7.05 Å². The highest BCUT2D eigenvalue weighted by Gasteiger charge is 2.08. The minimum atomic E-state index is -3.39. The number of aromatic nitrogens is 1. The summed E-state index contributed by atoms with van der Waals surface area (Å²) in [6.07, 6.45) is 0. The van der Waals surface area contributed by atoms with Crippen molar-refractivity contribution in [2.75, 3.05) is 6.54 Å². The topological polar surface area (TPSA) is 63.1 Å². The van der Waals surface area contributed by atoms with Crippen LogP contribution in [0.1, 0.15) is 18.2 Å². The predicted octanol–water partition coefficient (Wildman–Crippen LogP) is 1.43. The zero-order valence-electron chi connectivity index (χ0n) is 11.4. The Balaban J connectivity index is 2.18. The molecule has 5 nitrogen and oxygen atoms in total. The molecule has 0 saturated carbocycles. The monoisotopic (exact) mass is 281 g/mol. The third-order valence-corrected chi connectivity index (χ3v) is 4.34. The van der Waals surface area contributed by atoms with Crippen LogP contribution in [0.2, 0.25) is 0 Å². The lowest BCUT2D eigenvalue weighted by atomic mass is 10.1. The van der Waals surface area contributed by atoms with Gasteiger partial charge in [0.1, 0.15) is 0 Å². The maximum atomic E-state index is 11.5. The Bertz CT molecular complexity index is 689. The van der Waals surface area contributed by atoms with E-state index in [1.165, 1.54) is 5.69 Å². The lowest BCUT2D eigenvalue weighted by molar-refractivity contribution is 0.568. The highest BCUT2D eigenvalue weighted by atomic mass is 32.2. The van der Waals surface area contributed by atoms with Crippen LogP contribution in [0, 0.1) is 6.92 Å². The Morgan fingerprint density at radius 3 is 2.63 bits per heavy atom. The van der Waals surface area contributed by atoms with Gasteiger partial charge in [0, 0.05) is 36.7 Å². The zero-order chi connectivity index (χ0) is 14.0. The van der Waals surface area contributed by atoms with Gasteiger partial charge in [-0.1, -0.05) is 13.0 Å². The molecule has 19 heavy (non-hydrogen) atoms. The second-order valence-electron chi connectivity index (χ2n) is 4.56. The van der Waals surface area contributed by atoms with Crippen molar-refractivity contribution in [1.82, 2.24) is 14.0 Å². The molecule has 0 fully saturated rings. The van der Waals surface area contributed by atoms with Crippen LogP contribution < -0.4 is 9.44 Å². The first kappa shape index (κ1) is 14.0. The summed E-state index contributed by atoms with van der Waals surface area (Å²) in [7, 11) is -1.37. The maximum absolute atomic E-state index is 11.5. The van der Waals surface area contributed by atoms with Crippen LogP contribution in [-0.4, -0.2) is 19.5 Å². The maximum Gasteiger partial charge on any atom is 0.277 e. The Hall–Kier alpha value is -1.37. The Morgan fingerprint density at radius 1 is 1.21 bits per heavy atom. The van der Waals surface area contributed by atoms with Gasteiger partial charge in [0.25, 0.3) is 10.2 Å². The summed E-state index contributed by atoms with van der Waals surface area (Å²) in [6.45, 7) is 4.47. The molecule has 0 bridgehead atoms. The first-order valence-electron chi connectivity index (χ1n) is 6.22. The molecule has 0 aliphatic rings. The van der Waals surface area contributed by atoms with E-state index in [2.05, 4.69) is 20.1 Å². The molecule has 0 atom stereocenters. The molecule has 1 aromatic carbocycles. The fourth-order valence-corrected chi connectivity index (χ4v) is 2.91. The van der Waals surface area contributed by atoms with E-state index in [0.29, 0.717) is 13.1 Å². The van der Waals surface area contributed by atoms with Gasteiger partial charge in [0.15, 0.2) is 0 Å². The first-order valence-corrected chi connectivity index (χ1v) is 7.70. The number of fused-ring (bicyclic) bond motifs is 1. The number of nitrogens with zero attached hydrogens (tertiary/aromatic N) is 1. The number of hydrogen-bond donors (Lipinski definition) is 2.